The van der Waals surface area contributed by atoms with Crippen LogP contribution in [0, 0.1) is 0 Å². The van der Waals surface area contributed by atoms with Crippen LogP contribution in [0.5, 0.6) is 11.5 Å². The maximum absolute atomic E-state index is 5.98. The van der Waals surface area contributed by atoms with Crippen LogP contribution in [0.3, 0.4) is 0 Å². The third-order valence-electron chi connectivity index (χ3n) is 4.11. The predicted molar refractivity (Wildman–Crippen MR) is 105 cm³/mol. The second-order valence-corrected chi connectivity index (χ2v) is 5.67. The zero-order valence-corrected chi connectivity index (χ0v) is 16.3. The van der Waals surface area contributed by atoms with E-state index in [2.05, 4.69) is 10.3 Å². The van der Waals surface area contributed by atoms with Crippen molar-refractivity contribution in [1.29, 1.82) is 0 Å². The lowest BCUT2D eigenvalue weighted by atomic mass is 9.96. The summed E-state index contributed by atoms with van der Waals surface area (Å²) in [5, 5.41) is 3.33. The molecule has 0 radical (unpaired) electrons. The van der Waals surface area contributed by atoms with Gasteiger partial charge >= 0.3 is 0 Å². The molecule has 130 valence electrons. The molecule has 1 aromatic rings. The Morgan fingerprint density at radius 3 is 2.61 bits per heavy atom. The van der Waals surface area contributed by atoms with Crippen LogP contribution in [-0.4, -0.2) is 32.8 Å². The molecule has 6 heteroatoms. The van der Waals surface area contributed by atoms with Gasteiger partial charge in [-0.15, -0.1) is 24.0 Å². The Kier molecular flexibility index (Phi) is 9.13. The van der Waals surface area contributed by atoms with Gasteiger partial charge in [0, 0.05) is 12.6 Å². The Bertz CT molecular complexity index is 503. The van der Waals surface area contributed by atoms with Crippen LogP contribution in [0.25, 0.3) is 0 Å². The number of rotatable bonds is 6. The van der Waals surface area contributed by atoms with Gasteiger partial charge in [-0.3, -0.25) is 4.99 Å². The number of hydrogen-bond donors (Lipinski definition) is 2. The quantitative estimate of drug-likeness (QED) is 0.411. The van der Waals surface area contributed by atoms with Gasteiger partial charge in [-0.1, -0.05) is 19.3 Å². The number of methoxy groups -OCH3 is 2. The number of ether oxygens (including phenoxy) is 2. The molecule has 0 atom stereocenters. The van der Waals surface area contributed by atoms with Crippen LogP contribution < -0.4 is 20.5 Å². The van der Waals surface area contributed by atoms with Crippen molar-refractivity contribution in [2.24, 2.45) is 10.7 Å². The van der Waals surface area contributed by atoms with E-state index in [1.54, 1.807) is 14.2 Å². The number of nitrogens with one attached hydrogen (secondary N) is 1. The Hall–Kier alpha value is -1.18. The topological polar surface area (TPSA) is 68.9 Å². The highest BCUT2D eigenvalue weighted by Gasteiger charge is 2.13. The van der Waals surface area contributed by atoms with Gasteiger partial charge in [-0.25, -0.2) is 0 Å². The number of nitrogens with zero attached hydrogens (tertiary/aromatic N) is 1. The Labute approximate surface area is 156 Å². The first-order valence-corrected chi connectivity index (χ1v) is 8.00. The van der Waals surface area contributed by atoms with Gasteiger partial charge in [-0.2, -0.15) is 0 Å². The molecular formula is C17H28IN3O2. The highest BCUT2D eigenvalue weighted by atomic mass is 127. The summed E-state index contributed by atoms with van der Waals surface area (Å²) in [5.41, 5.74) is 7.06. The lowest BCUT2D eigenvalue weighted by Crippen LogP contribution is -2.41. The van der Waals surface area contributed by atoms with Crippen LogP contribution >= 0.6 is 24.0 Å². The monoisotopic (exact) mass is 433 g/mol. The van der Waals surface area contributed by atoms with E-state index in [0.717, 1.165) is 23.5 Å². The third-order valence-corrected chi connectivity index (χ3v) is 4.11. The molecule has 0 amide bonds. The van der Waals surface area contributed by atoms with E-state index in [1.807, 2.05) is 18.2 Å². The van der Waals surface area contributed by atoms with Crippen molar-refractivity contribution in [3.63, 3.8) is 0 Å². The molecule has 2 rings (SSSR count). The highest BCUT2D eigenvalue weighted by molar-refractivity contribution is 14.0. The van der Waals surface area contributed by atoms with Gasteiger partial charge < -0.3 is 20.5 Å². The molecule has 1 aliphatic rings. The summed E-state index contributed by atoms with van der Waals surface area (Å²) < 4.78 is 10.6. The van der Waals surface area contributed by atoms with E-state index in [0.29, 0.717) is 18.5 Å². The van der Waals surface area contributed by atoms with Crippen molar-refractivity contribution in [2.75, 3.05) is 20.8 Å². The zero-order valence-electron chi connectivity index (χ0n) is 14.0. The Morgan fingerprint density at radius 1 is 1.22 bits per heavy atom. The van der Waals surface area contributed by atoms with E-state index in [9.17, 15) is 0 Å². The maximum atomic E-state index is 5.98. The number of halogens is 1. The molecule has 5 nitrogen and oxygen atoms in total. The van der Waals surface area contributed by atoms with Crippen molar-refractivity contribution in [3.8, 4) is 11.5 Å². The molecule has 0 heterocycles. The fraction of sp³-hybridized carbons (Fsp3) is 0.588. The summed E-state index contributed by atoms with van der Waals surface area (Å²) in [6.07, 6.45) is 7.07. The SMILES string of the molecule is COc1ccc(OC)c(CCN=C(N)NC2CCCCC2)c1.I. The second kappa shape index (κ2) is 10.6. The van der Waals surface area contributed by atoms with E-state index in [4.69, 9.17) is 15.2 Å². The zero-order chi connectivity index (χ0) is 15.8. The minimum atomic E-state index is 0. The number of guanidine groups is 1. The molecule has 3 N–H and O–H groups in total. The first-order valence-electron chi connectivity index (χ1n) is 8.00. The van der Waals surface area contributed by atoms with Gasteiger partial charge in [0.1, 0.15) is 11.5 Å². The second-order valence-electron chi connectivity index (χ2n) is 5.67. The standard InChI is InChI=1S/C17H27N3O2.HI/c1-21-15-8-9-16(22-2)13(12-15)10-11-19-17(18)20-14-6-4-3-5-7-14;/h8-9,12,14H,3-7,10-11H2,1-2H3,(H3,18,19,20);1H. The molecule has 0 unspecified atom stereocenters. The summed E-state index contributed by atoms with van der Waals surface area (Å²) in [4.78, 5) is 4.43. The molecule has 0 aliphatic heterocycles. The summed E-state index contributed by atoms with van der Waals surface area (Å²) in [7, 11) is 3.34. The normalized spacial score (nSPS) is 15.7. The maximum Gasteiger partial charge on any atom is 0.188 e. The van der Waals surface area contributed by atoms with Crippen molar-refractivity contribution < 1.29 is 9.47 Å². The van der Waals surface area contributed by atoms with Gasteiger partial charge in [-0.05, 0) is 43.0 Å². The van der Waals surface area contributed by atoms with Crippen LogP contribution in [0.1, 0.15) is 37.7 Å². The fourth-order valence-electron chi connectivity index (χ4n) is 2.88. The lowest BCUT2D eigenvalue weighted by Gasteiger charge is -2.23. The number of hydrogen-bond acceptors (Lipinski definition) is 3. The van der Waals surface area contributed by atoms with Gasteiger partial charge in [0.05, 0.1) is 14.2 Å². The minimum Gasteiger partial charge on any atom is -0.497 e. The Balaban J connectivity index is 0.00000264. The van der Waals surface area contributed by atoms with Crippen LogP contribution in [0.15, 0.2) is 23.2 Å². The van der Waals surface area contributed by atoms with Gasteiger partial charge in [0.2, 0.25) is 0 Å². The van der Waals surface area contributed by atoms with Crippen LogP contribution in [-0.2, 0) is 6.42 Å². The molecule has 1 saturated carbocycles. The molecule has 1 fully saturated rings. The van der Waals surface area contributed by atoms with Gasteiger partial charge in [0.15, 0.2) is 5.96 Å². The van der Waals surface area contributed by atoms with Crippen LogP contribution in [0.2, 0.25) is 0 Å². The minimum absolute atomic E-state index is 0. The summed E-state index contributed by atoms with van der Waals surface area (Å²) in [6.45, 7) is 0.634. The number of benzene rings is 1. The molecule has 0 spiro atoms. The molecule has 0 bridgehead atoms. The van der Waals surface area contributed by atoms with Crippen molar-refractivity contribution >= 4 is 29.9 Å². The fourth-order valence-corrected chi connectivity index (χ4v) is 2.88. The third kappa shape index (κ3) is 6.45. The summed E-state index contributed by atoms with van der Waals surface area (Å²) >= 11 is 0. The summed E-state index contributed by atoms with van der Waals surface area (Å²) in [6, 6.07) is 6.29. The average molecular weight is 433 g/mol. The largest absolute Gasteiger partial charge is 0.497 e. The predicted octanol–water partition coefficient (Wildman–Crippen LogP) is 3.10. The van der Waals surface area contributed by atoms with Crippen molar-refractivity contribution in [2.45, 2.75) is 44.6 Å². The van der Waals surface area contributed by atoms with Gasteiger partial charge in [0.25, 0.3) is 0 Å². The summed E-state index contributed by atoms with van der Waals surface area (Å²) in [5.74, 6) is 2.23. The molecule has 0 aromatic heterocycles. The first-order chi connectivity index (χ1) is 10.7. The van der Waals surface area contributed by atoms with E-state index in [1.165, 1.54) is 32.1 Å². The molecule has 1 aliphatic carbocycles. The van der Waals surface area contributed by atoms with Crippen LogP contribution in [0.4, 0.5) is 0 Å². The number of aliphatic imine (C=N–C) groups is 1. The first kappa shape index (κ1) is 19.9. The number of nitrogens with two attached hydrogens (primary N) is 1. The van der Waals surface area contributed by atoms with E-state index < -0.39 is 0 Å². The van der Waals surface area contributed by atoms with E-state index in [-0.39, 0.29) is 24.0 Å². The molecule has 0 saturated heterocycles. The van der Waals surface area contributed by atoms with Crippen molar-refractivity contribution in [3.05, 3.63) is 23.8 Å². The molecule has 1 aromatic carbocycles. The molecular weight excluding hydrogens is 405 g/mol. The average Bonchev–Trinajstić information content (AvgIpc) is 2.55. The smallest absolute Gasteiger partial charge is 0.188 e. The molecule has 23 heavy (non-hydrogen) atoms. The van der Waals surface area contributed by atoms with Crippen molar-refractivity contribution in [1.82, 2.24) is 5.32 Å². The van der Waals surface area contributed by atoms with E-state index >= 15 is 0 Å². The lowest BCUT2D eigenvalue weighted by molar-refractivity contribution is 0.398. The Morgan fingerprint density at radius 2 is 1.96 bits per heavy atom. The highest BCUT2D eigenvalue weighted by Crippen LogP contribution is 2.24.